The van der Waals surface area contributed by atoms with E-state index in [4.69, 9.17) is 23.2 Å². The van der Waals surface area contributed by atoms with Gasteiger partial charge in [0.15, 0.2) is 0 Å². The van der Waals surface area contributed by atoms with Crippen LogP contribution >= 0.6 is 23.2 Å². The van der Waals surface area contributed by atoms with Gasteiger partial charge in [0.2, 0.25) is 21.8 Å². The summed E-state index contributed by atoms with van der Waals surface area (Å²) in [5, 5.41) is 3.91. The molecule has 3 aromatic carbocycles. The first-order valence-corrected chi connectivity index (χ1v) is 16.1. The summed E-state index contributed by atoms with van der Waals surface area (Å²) in [5.74, 6) is -0.544. The van der Waals surface area contributed by atoms with Crippen LogP contribution in [0.1, 0.15) is 43.4 Å². The highest BCUT2D eigenvalue weighted by Crippen LogP contribution is 2.29. The molecule has 1 atom stereocenters. The molecule has 7 nitrogen and oxygen atoms in total. The molecule has 0 spiro atoms. The fourth-order valence-corrected chi connectivity index (χ4v) is 5.97. The van der Waals surface area contributed by atoms with Crippen LogP contribution < -0.4 is 9.62 Å². The lowest BCUT2D eigenvalue weighted by molar-refractivity contribution is -0.141. The minimum Gasteiger partial charge on any atom is -0.352 e. The third-order valence-electron chi connectivity index (χ3n) is 6.66. The van der Waals surface area contributed by atoms with E-state index in [0.717, 1.165) is 11.8 Å². The third kappa shape index (κ3) is 9.21. The topological polar surface area (TPSA) is 86.8 Å². The molecule has 3 aromatic rings. The van der Waals surface area contributed by atoms with Crippen molar-refractivity contribution >= 4 is 50.7 Å². The van der Waals surface area contributed by atoms with Gasteiger partial charge >= 0.3 is 0 Å². The minimum atomic E-state index is -3.65. The van der Waals surface area contributed by atoms with Crippen LogP contribution in [0.2, 0.25) is 10.0 Å². The second-order valence-corrected chi connectivity index (χ2v) is 13.0. The number of nitrogens with one attached hydrogen (secondary N) is 1. The molecule has 41 heavy (non-hydrogen) atoms. The SMILES string of the molecule is Cc1c(Cl)cccc1N(CCCC(=O)N(Cc1ccccc1Cl)[C@@H](Cc1ccccc1)C(=O)NC(C)C)S(C)(=O)=O. The lowest BCUT2D eigenvalue weighted by Crippen LogP contribution is -2.51. The van der Waals surface area contributed by atoms with Crippen LogP contribution in [0.25, 0.3) is 0 Å². The van der Waals surface area contributed by atoms with Crippen molar-refractivity contribution in [3.05, 3.63) is 99.5 Å². The molecular formula is C31H37Cl2N3O4S. The molecule has 0 aliphatic rings. The van der Waals surface area contributed by atoms with E-state index in [0.29, 0.717) is 33.3 Å². The van der Waals surface area contributed by atoms with Gasteiger partial charge < -0.3 is 10.2 Å². The Labute approximate surface area is 253 Å². The van der Waals surface area contributed by atoms with Gasteiger partial charge in [0.25, 0.3) is 0 Å². The maximum absolute atomic E-state index is 13.9. The van der Waals surface area contributed by atoms with Crippen molar-refractivity contribution in [2.75, 3.05) is 17.1 Å². The summed E-state index contributed by atoms with van der Waals surface area (Å²) in [6.07, 6.45) is 1.70. The van der Waals surface area contributed by atoms with E-state index in [1.165, 1.54) is 4.31 Å². The van der Waals surface area contributed by atoms with Gasteiger partial charge in [0.1, 0.15) is 6.04 Å². The molecule has 0 aromatic heterocycles. The quantitative estimate of drug-likeness (QED) is 0.254. The molecule has 0 radical (unpaired) electrons. The van der Waals surface area contributed by atoms with E-state index < -0.39 is 16.1 Å². The summed E-state index contributed by atoms with van der Waals surface area (Å²) < 4.78 is 26.7. The molecule has 10 heteroatoms. The Morgan fingerprint density at radius 2 is 1.54 bits per heavy atom. The lowest BCUT2D eigenvalue weighted by atomic mass is 10.0. The van der Waals surface area contributed by atoms with Gasteiger partial charge in [-0.1, -0.05) is 77.8 Å². The highest BCUT2D eigenvalue weighted by Gasteiger charge is 2.31. The van der Waals surface area contributed by atoms with E-state index in [-0.39, 0.29) is 43.8 Å². The first-order valence-electron chi connectivity index (χ1n) is 13.5. The molecule has 220 valence electrons. The summed E-state index contributed by atoms with van der Waals surface area (Å²) in [7, 11) is -3.65. The second kappa shape index (κ2) is 14.7. The van der Waals surface area contributed by atoms with Crippen molar-refractivity contribution in [3.8, 4) is 0 Å². The molecule has 0 aliphatic heterocycles. The molecule has 3 rings (SSSR count). The van der Waals surface area contributed by atoms with Crippen molar-refractivity contribution in [1.29, 1.82) is 0 Å². The number of rotatable bonds is 13. The third-order valence-corrected chi connectivity index (χ3v) is 8.62. The van der Waals surface area contributed by atoms with Gasteiger partial charge in [0.05, 0.1) is 11.9 Å². The number of halogens is 2. The number of benzene rings is 3. The summed E-state index contributed by atoms with van der Waals surface area (Å²) >= 11 is 12.7. The van der Waals surface area contributed by atoms with E-state index in [1.54, 1.807) is 36.1 Å². The van der Waals surface area contributed by atoms with Gasteiger partial charge in [-0.15, -0.1) is 0 Å². The number of carbonyl (C=O) groups excluding carboxylic acids is 2. The fourth-order valence-electron chi connectivity index (χ4n) is 4.59. The van der Waals surface area contributed by atoms with Crippen LogP contribution in [0.3, 0.4) is 0 Å². The zero-order chi connectivity index (χ0) is 30.2. The van der Waals surface area contributed by atoms with Crippen LogP contribution in [0.15, 0.2) is 72.8 Å². The van der Waals surface area contributed by atoms with Crippen LogP contribution in [-0.4, -0.2) is 50.0 Å². The largest absolute Gasteiger partial charge is 0.352 e. The maximum atomic E-state index is 13.9. The molecule has 0 heterocycles. The molecule has 1 N–H and O–H groups in total. The minimum absolute atomic E-state index is 0.0241. The summed E-state index contributed by atoms with van der Waals surface area (Å²) in [6, 6.07) is 20.9. The normalized spacial score (nSPS) is 12.2. The maximum Gasteiger partial charge on any atom is 0.243 e. The average Bonchev–Trinajstić information content (AvgIpc) is 2.91. The molecule has 0 fully saturated rings. The Morgan fingerprint density at radius 1 is 0.902 bits per heavy atom. The smallest absolute Gasteiger partial charge is 0.243 e. The van der Waals surface area contributed by atoms with Crippen LogP contribution in [0.5, 0.6) is 0 Å². The molecule has 2 amide bonds. The molecule has 0 aliphatic carbocycles. The molecule has 0 bridgehead atoms. The number of hydrogen-bond acceptors (Lipinski definition) is 4. The fraction of sp³-hybridized carbons (Fsp3) is 0.355. The van der Waals surface area contributed by atoms with Crippen molar-refractivity contribution < 1.29 is 18.0 Å². The number of hydrogen-bond donors (Lipinski definition) is 1. The molecule has 0 saturated heterocycles. The Bertz CT molecular complexity index is 1450. The van der Waals surface area contributed by atoms with E-state index in [1.807, 2.05) is 62.4 Å². The number of carbonyl (C=O) groups is 2. The summed E-state index contributed by atoms with van der Waals surface area (Å²) in [4.78, 5) is 28.9. The standard InChI is InChI=1S/C31H37Cl2N3O4S/c1-22(2)34-31(38)29(20-24-12-6-5-7-13-24)35(21-25-14-8-9-15-27(25)33)30(37)18-11-19-36(41(4,39)40)28-17-10-16-26(32)23(28)3/h5-10,12-17,22,29H,11,18-21H2,1-4H3,(H,34,38)/t29-/m0/s1. The Morgan fingerprint density at radius 3 is 2.17 bits per heavy atom. The zero-order valence-corrected chi connectivity index (χ0v) is 26.1. The van der Waals surface area contributed by atoms with Gasteiger partial charge in [0, 0.05) is 42.0 Å². The monoisotopic (exact) mass is 617 g/mol. The number of nitrogens with zero attached hydrogens (tertiary/aromatic N) is 2. The number of sulfonamides is 1. The Hall–Kier alpha value is -3.07. The average molecular weight is 619 g/mol. The van der Waals surface area contributed by atoms with Crippen molar-refractivity contribution in [3.63, 3.8) is 0 Å². The van der Waals surface area contributed by atoms with Gasteiger partial charge in [-0.25, -0.2) is 8.42 Å². The van der Waals surface area contributed by atoms with Gasteiger partial charge in [-0.2, -0.15) is 0 Å². The van der Waals surface area contributed by atoms with Crippen molar-refractivity contribution in [2.24, 2.45) is 0 Å². The summed E-state index contributed by atoms with van der Waals surface area (Å²) in [6.45, 7) is 5.70. The number of anilines is 1. The lowest BCUT2D eigenvalue weighted by Gasteiger charge is -2.32. The Kier molecular flexibility index (Phi) is 11.6. The van der Waals surface area contributed by atoms with Crippen LogP contribution in [-0.2, 0) is 32.6 Å². The van der Waals surface area contributed by atoms with E-state index in [2.05, 4.69) is 5.32 Å². The van der Waals surface area contributed by atoms with Crippen molar-refractivity contribution in [1.82, 2.24) is 10.2 Å². The molecule has 0 unspecified atom stereocenters. The van der Waals surface area contributed by atoms with Gasteiger partial charge in [-0.3, -0.25) is 13.9 Å². The van der Waals surface area contributed by atoms with Crippen LogP contribution in [0.4, 0.5) is 5.69 Å². The van der Waals surface area contributed by atoms with E-state index >= 15 is 0 Å². The predicted molar refractivity (Wildman–Crippen MR) is 167 cm³/mol. The van der Waals surface area contributed by atoms with Crippen molar-refractivity contribution in [2.45, 2.75) is 58.7 Å². The van der Waals surface area contributed by atoms with E-state index in [9.17, 15) is 18.0 Å². The molecule has 0 saturated carbocycles. The highest BCUT2D eigenvalue weighted by atomic mass is 35.5. The zero-order valence-electron chi connectivity index (χ0n) is 23.8. The Balaban J connectivity index is 1.91. The second-order valence-electron chi connectivity index (χ2n) is 10.3. The number of amides is 2. The highest BCUT2D eigenvalue weighted by molar-refractivity contribution is 7.92. The predicted octanol–water partition coefficient (Wildman–Crippen LogP) is 6.01. The van der Waals surface area contributed by atoms with Crippen LogP contribution in [0, 0.1) is 6.92 Å². The van der Waals surface area contributed by atoms with Gasteiger partial charge in [-0.05, 0) is 62.1 Å². The first kappa shape index (κ1) is 32.4. The first-order chi connectivity index (χ1) is 19.4. The molecular weight excluding hydrogens is 581 g/mol. The summed E-state index contributed by atoms with van der Waals surface area (Å²) in [5.41, 5.74) is 2.73.